The lowest BCUT2D eigenvalue weighted by atomic mass is 9.99. The third-order valence-corrected chi connectivity index (χ3v) is 3.20. The number of carboxylic acids is 1. The standard InChI is InChI=1S/C13H26N2O4/c1-4-6-7-15(8-9-16)13(19)14-11(12(17)18)10(3)5-2/h10-11,16H,4-9H2,1-3H3,(H,14,19)(H,17,18). The number of nitrogens with one attached hydrogen (secondary N) is 1. The van der Waals surface area contributed by atoms with Crippen LogP contribution >= 0.6 is 0 Å². The molecule has 6 heteroatoms. The van der Waals surface area contributed by atoms with Gasteiger partial charge in [0, 0.05) is 13.1 Å². The number of aliphatic carboxylic acids is 1. The van der Waals surface area contributed by atoms with Gasteiger partial charge in [-0.3, -0.25) is 0 Å². The smallest absolute Gasteiger partial charge is 0.326 e. The summed E-state index contributed by atoms with van der Waals surface area (Å²) in [6.07, 6.45) is 2.43. The Morgan fingerprint density at radius 2 is 1.89 bits per heavy atom. The van der Waals surface area contributed by atoms with E-state index < -0.39 is 18.0 Å². The molecule has 0 radical (unpaired) electrons. The van der Waals surface area contributed by atoms with Gasteiger partial charge in [0.25, 0.3) is 0 Å². The van der Waals surface area contributed by atoms with Crippen molar-refractivity contribution in [3.8, 4) is 0 Å². The predicted octanol–water partition coefficient (Wildman–Crippen LogP) is 1.29. The first-order valence-electron chi connectivity index (χ1n) is 6.86. The molecule has 0 aliphatic carbocycles. The number of rotatable bonds is 9. The summed E-state index contributed by atoms with van der Waals surface area (Å²) >= 11 is 0. The summed E-state index contributed by atoms with van der Waals surface area (Å²) in [5.74, 6) is -1.16. The Hall–Kier alpha value is -1.30. The van der Waals surface area contributed by atoms with Crippen LogP contribution in [0, 0.1) is 5.92 Å². The molecule has 0 aromatic heterocycles. The highest BCUT2D eigenvalue weighted by Crippen LogP contribution is 2.09. The number of aliphatic hydroxyl groups excluding tert-OH is 1. The largest absolute Gasteiger partial charge is 0.480 e. The van der Waals surface area contributed by atoms with Crippen LogP contribution in [-0.4, -0.2) is 52.9 Å². The van der Waals surface area contributed by atoms with Gasteiger partial charge in [0.2, 0.25) is 0 Å². The minimum Gasteiger partial charge on any atom is -0.480 e. The Morgan fingerprint density at radius 3 is 2.32 bits per heavy atom. The fourth-order valence-corrected chi connectivity index (χ4v) is 1.69. The molecule has 0 spiro atoms. The third-order valence-electron chi connectivity index (χ3n) is 3.20. The summed E-state index contributed by atoms with van der Waals surface area (Å²) in [5, 5.41) is 20.6. The lowest BCUT2D eigenvalue weighted by Crippen LogP contribution is -2.51. The molecule has 0 bridgehead atoms. The predicted molar refractivity (Wildman–Crippen MR) is 73.0 cm³/mol. The number of amides is 2. The highest BCUT2D eigenvalue weighted by Gasteiger charge is 2.27. The van der Waals surface area contributed by atoms with E-state index in [2.05, 4.69) is 5.32 Å². The summed E-state index contributed by atoms with van der Waals surface area (Å²) in [7, 11) is 0. The van der Waals surface area contributed by atoms with Gasteiger partial charge in [-0.2, -0.15) is 0 Å². The van der Waals surface area contributed by atoms with Gasteiger partial charge in [-0.25, -0.2) is 9.59 Å². The summed E-state index contributed by atoms with van der Waals surface area (Å²) in [6, 6.07) is -1.31. The van der Waals surface area contributed by atoms with Gasteiger partial charge < -0.3 is 20.4 Å². The monoisotopic (exact) mass is 274 g/mol. The number of hydrogen-bond donors (Lipinski definition) is 3. The van der Waals surface area contributed by atoms with Crippen LogP contribution in [0.4, 0.5) is 4.79 Å². The number of hydrogen-bond acceptors (Lipinski definition) is 3. The van der Waals surface area contributed by atoms with Gasteiger partial charge in [0.15, 0.2) is 0 Å². The van der Waals surface area contributed by atoms with Crippen molar-refractivity contribution in [3.05, 3.63) is 0 Å². The second kappa shape index (κ2) is 9.61. The number of nitrogens with zero attached hydrogens (tertiary/aromatic N) is 1. The van der Waals surface area contributed by atoms with E-state index >= 15 is 0 Å². The summed E-state index contributed by atoms with van der Waals surface area (Å²) < 4.78 is 0. The van der Waals surface area contributed by atoms with E-state index in [4.69, 9.17) is 10.2 Å². The Balaban J connectivity index is 4.60. The van der Waals surface area contributed by atoms with Crippen LogP contribution in [0.3, 0.4) is 0 Å². The quantitative estimate of drug-likeness (QED) is 0.591. The molecule has 0 aromatic carbocycles. The van der Waals surface area contributed by atoms with Gasteiger partial charge >= 0.3 is 12.0 Å². The van der Waals surface area contributed by atoms with Crippen LogP contribution in [0.2, 0.25) is 0 Å². The maximum absolute atomic E-state index is 12.0. The van der Waals surface area contributed by atoms with Crippen LogP contribution in [0.5, 0.6) is 0 Å². The molecule has 0 heterocycles. The molecule has 3 N–H and O–H groups in total. The Morgan fingerprint density at radius 1 is 1.26 bits per heavy atom. The third kappa shape index (κ3) is 6.42. The number of carbonyl (C=O) groups excluding carboxylic acids is 1. The van der Waals surface area contributed by atoms with E-state index in [0.717, 1.165) is 12.8 Å². The average molecular weight is 274 g/mol. The molecule has 0 rings (SSSR count). The van der Waals surface area contributed by atoms with Crippen molar-refractivity contribution in [1.82, 2.24) is 10.2 Å². The Bertz CT molecular complexity index is 284. The SMILES string of the molecule is CCCCN(CCO)C(=O)NC(C(=O)O)C(C)CC. The number of carboxylic acid groups (broad SMARTS) is 1. The zero-order valence-electron chi connectivity index (χ0n) is 12.1. The van der Waals surface area contributed by atoms with Gasteiger partial charge in [-0.05, 0) is 12.3 Å². The van der Waals surface area contributed by atoms with Crippen LogP contribution in [-0.2, 0) is 4.79 Å². The van der Waals surface area contributed by atoms with Gasteiger partial charge in [0.05, 0.1) is 6.61 Å². The lowest BCUT2D eigenvalue weighted by molar-refractivity contribution is -0.140. The molecular weight excluding hydrogens is 248 g/mol. The molecule has 2 amide bonds. The molecule has 112 valence electrons. The molecular formula is C13H26N2O4. The van der Waals surface area contributed by atoms with Crippen molar-refractivity contribution >= 4 is 12.0 Å². The number of aliphatic hydroxyl groups is 1. The molecule has 6 nitrogen and oxygen atoms in total. The Kier molecular flexibility index (Phi) is 8.95. The van der Waals surface area contributed by atoms with Crippen molar-refractivity contribution < 1.29 is 19.8 Å². The molecule has 0 aliphatic rings. The molecule has 0 saturated carbocycles. The molecule has 0 saturated heterocycles. The first kappa shape index (κ1) is 17.7. The second-order valence-electron chi connectivity index (χ2n) is 4.72. The number of unbranched alkanes of at least 4 members (excludes halogenated alkanes) is 1. The van der Waals surface area contributed by atoms with Gasteiger partial charge in [0.1, 0.15) is 6.04 Å². The van der Waals surface area contributed by atoms with Crippen molar-refractivity contribution in [3.63, 3.8) is 0 Å². The second-order valence-corrected chi connectivity index (χ2v) is 4.72. The maximum atomic E-state index is 12.0. The highest BCUT2D eigenvalue weighted by molar-refractivity contribution is 5.82. The molecule has 0 aromatic rings. The van der Waals surface area contributed by atoms with Crippen LogP contribution < -0.4 is 5.32 Å². The fourth-order valence-electron chi connectivity index (χ4n) is 1.69. The first-order valence-corrected chi connectivity index (χ1v) is 6.86. The molecule has 19 heavy (non-hydrogen) atoms. The minimum absolute atomic E-state index is 0.127. The van der Waals surface area contributed by atoms with E-state index in [0.29, 0.717) is 13.0 Å². The topological polar surface area (TPSA) is 89.9 Å². The molecule has 0 aliphatic heterocycles. The van der Waals surface area contributed by atoms with Gasteiger partial charge in [-0.15, -0.1) is 0 Å². The Labute approximate surface area is 114 Å². The zero-order chi connectivity index (χ0) is 14.8. The minimum atomic E-state index is -1.03. The van der Waals surface area contributed by atoms with Crippen LogP contribution in [0.15, 0.2) is 0 Å². The lowest BCUT2D eigenvalue weighted by Gasteiger charge is -2.26. The van der Waals surface area contributed by atoms with Crippen molar-refractivity contribution in [2.24, 2.45) is 5.92 Å². The number of urea groups is 1. The first-order chi connectivity index (χ1) is 8.97. The summed E-state index contributed by atoms with van der Waals surface area (Å²) in [6.45, 7) is 6.30. The fraction of sp³-hybridized carbons (Fsp3) is 0.846. The molecule has 2 unspecified atom stereocenters. The maximum Gasteiger partial charge on any atom is 0.326 e. The van der Waals surface area contributed by atoms with Crippen LogP contribution in [0.25, 0.3) is 0 Å². The zero-order valence-corrected chi connectivity index (χ0v) is 12.1. The van der Waals surface area contributed by atoms with Crippen molar-refractivity contribution in [1.29, 1.82) is 0 Å². The summed E-state index contributed by atoms with van der Waals surface area (Å²) in [4.78, 5) is 24.6. The van der Waals surface area contributed by atoms with Crippen molar-refractivity contribution in [2.45, 2.75) is 46.1 Å². The van der Waals surface area contributed by atoms with Crippen molar-refractivity contribution in [2.75, 3.05) is 19.7 Å². The van der Waals surface area contributed by atoms with E-state index in [-0.39, 0.29) is 19.1 Å². The van der Waals surface area contributed by atoms with E-state index in [1.807, 2.05) is 13.8 Å². The van der Waals surface area contributed by atoms with Gasteiger partial charge in [-0.1, -0.05) is 33.6 Å². The molecule has 2 atom stereocenters. The molecule has 0 fully saturated rings. The van der Waals surface area contributed by atoms with E-state index in [1.165, 1.54) is 4.90 Å². The normalized spacial score (nSPS) is 13.7. The van der Waals surface area contributed by atoms with Crippen LogP contribution in [0.1, 0.15) is 40.0 Å². The number of carbonyl (C=O) groups is 2. The van der Waals surface area contributed by atoms with E-state index in [1.54, 1.807) is 6.92 Å². The highest BCUT2D eigenvalue weighted by atomic mass is 16.4. The van der Waals surface area contributed by atoms with E-state index in [9.17, 15) is 9.59 Å². The summed E-state index contributed by atoms with van der Waals surface area (Å²) in [5.41, 5.74) is 0. The average Bonchev–Trinajstić information content (AvgIpc) is 2.39.